The summed E-state index contributed by atoms with van der Waals surface area (Å²) in [5.41, 5.74) is -0.724. The molecule has 142 valence electrons. The van der Waals surface area contributed by atoms with Gasteiger partial charge in [-0.1, -0.05) is 6.08 Å². The van der Waals surface area contributed by atoms with Crippen LogP contribution in [0, 0.1) is 5.82 Å². The number of halogens is 4. The van der Waals surface area contributed by atoms with Crippen LogP contribution in [-0.4, -0.2) is 34.7 Å². The maximum Gasteiger partial charge on any atom is 0.413 e. The van der Waals surface area contributed by atoms with Crippen molar-refractivity contribution in [3.63, 3.8) is 0 Å². The van der Waals surface area contributed by atoms with E-state index in [1.165, 1.54) is 11.0 Å². The first-order valence-electron chi connectivity index (χ1n) is 8.22. The first-order valence-corrected chi connectivity index (χ1v) is 8.22. The molecule has 0 atom stereocenters. The van der Waals surface area contributed by atoms with Crippen LogP contribution in [-0.2, 0) is 4.74 Å². The number of alkyl halides is 3. The average molecular weight is 372 g/mol. The fourth-order valence-corrected chi connectivity index (χ4v) is 2.37. The van der Waals surface area contributed by atoms with Crippen LogP contribution in [0.2, 0.25) is 0 Å². The molecule has 1 aromatic rings. The number of carbonyl (C=O) groups is 1. The lowest BCUT2D eigenvalue weighted by atomic mass is 10.1. The van der Waals surface area contributed by atoms with E-state index in [1.54, 1.807) is 13.8 Å². The number of hydrogen-bond donors (Lipinski definition) is 0. The fraction of sp³-hybridized carbons (Fsp3) is 0.444. The van der Waals surface area contributed by atoms with E-state index in [2.05, 4.69) is 4.98 Å². The Morgan fingerprint density at radius 1 is 1.42 bits per heavy atom. The summed E-state index contributed by atoms with van der Waals surface area (Å²) in [6.45, 7) is 4.33. The molecule has 1 aliphatic carbocycles. The number of aromatic nitrogens is 1. The third-order valence-corrected chi connectivity index (χ3v) is 3.87. The number of hydrogen-bond acceptors (Lipinski definition) is 4. The summed E-state index contributed by atoms with van der Waals surface area (Å²) in [7, 11) is 0. The van der Waals surface area contributed by atoms with E-state index in [9.17, 15) is 22.4 Å². The maximum atomic E-state index is 14.5. The van der Waals surface area contributed by atoms with Gasteiger partial charge in [-0.2, -0.15) is 13.2 Å². The highest BCUT2D eigenvalue weighted by Gasteiger charge is 2.35. The van der Waals surface area contributed by atoms with Gasteiger partial charge in [-0.25, -0.2) is 9.18 Å². The maximum absolute atomic E-state index is 14.5. The van der Waals surface area contributed by atoms with Crippen LogP contribution in [0.1, 0.15) is 49.7 Å². The Morgan fingerprint density at radius 2 is 2.08 bits per heavy atom. The molecule has 0 N–H and O–H groups in total. The molecule has 0 saturated heterocycles. The van der Waals surface area contributed by atoms with Crippen molar-refractivity contribution in [2.45, 2.75) is 45.8 Å². The monoisotopic (exact) mass is 372 g/mol. The summed E-state index contributed by atoms with van der Waals surface area (Å²) < 4.78 is 58.0. The fourth-order valence-electron chi connectivity index (χ4n) is 2.37. The van der Waals surface area contributed by atoms with Crippen LogP contribution in [0.3, 0.4) is 0 Å². The van der Waals surface area contributed by atoms with Crippen molar-refractivity contribution in [1.82, 2.24) is 9.88 Å². The Morgan fingerprint density at radius 3 is 2.54 bits per heavy atom. The second kappa shape index (κ2) is 7.88. The summed E-state index contributed by atoms with van der Waals surface area (Å²) >= 11 is 0. The molecule has 0 radical (unpaired) electrons. The van der Waals surface area contributed by atoms with Crippen molar-refractivity contribution in [3.05, 3.63) is 47.2 Å². The minimum atomic E-state index is -4.47. The molecular weight excluding hydrogens is 352 g/mol. The Hall–Kier alpha value is -2.38. The van der Waals surface area contributed by atoms with Crippen LogP contribution in [0.25, 0.3) is 5.70 Å². The van der Waals surface area contributed by atoms with Crippen LogP contribution >= 0.6 is 0 Å². The first-order chi connectivity index (χ1) is 12.2. The van der Waals surface area contributed by atoms with E-state index in [0.717, 1.165) is 25.4 Å². The van der Waals surface area contributed by atoms with Crippen LogP contribution < -0.4 is 0 Å². The van der Waals surface area contributed by atoms with E-state index in [0.29, 0.717) is 12.8 Å². The number of nitrogens with zero attached hydrogens (tertiary/aromatic N) is 2. The molecule has 8 heteroatoms. The van der Waals surface area contributed by atoms with E-state index in [-0.39, 0.29) is 29.6 Å². The average Bonchev–Trinajstić information content (AvgIpc) is 3.39. The van der Waals surface area contributed by atoms with Gasteiger partial charge in [0, 0.05) is 24.0 Å². The number of ether oxygens (including phenoxy) is 1. The van der Waals surface area contributed by atoms with Gasteiger partial charge in [0.1, 0.15) is 5.69 Å². The standard InChI is InChI=1S/C18H20F4N2O2/c1-4-15(24(13-6-7-13)10-11(3)18(20,21)22)16-14(19)8-12(9-23-16)17(25)26-5-2/h4,8-10,13H,5-7H2,1-3H3/b11-10+,15-4-. The van der Waals surface area contributed by atoms with Crippen molar-refractivity contribution >= 4 is 11.7 Å². The molecule has 0 unspecified atom stereocenters. The van der Waals surface area contributed by atoms with E-state index in [1.807, 2.05) is 0 Å². The van der Waals surface area contributed by atoms with Crippen molar-refractivity contribution in [2.24, 2.45) is 0 Å². The van der Waals surface area contributed by atoms with Crippen LogP contribution in [0.5, 0.6) is 0 Å². The second-order valence-corrected chi connectivity index (χ2v) is 5.90. The molecule has 0 bridgehead atoms. The van der Waals surface area contributed by atoms with Gasteiger partial charge in [0.2, 0.25) is 0 Å². The molecule has 1 saturated carbocycles. The van der Waals surface area contributed by atoms with Gasteiger partial charge in [-0.3, -0.25) is 4.98 Å². The Kier molecular flexibility index (Phi) is 6.05. The van der Waals surface area contributed by atoms with Gasteiger partial charge in [-0.05, 0) is 39.7 Å². The van der Waals surface area contributed by atoms with Gasteiger partial charge in [0.25, 0.3) is 0 Å². The first kappa shape index (κ1) is 19.9. The zero-order valence-electron chi connectivity index (χ0n) is 14.7. The number of rotatable bonds is 6. The lowest BCUT2D eigenvalue weighted by Gasteiger charge is -2.25. The largest absolute Gasteiger partial charge is 0.462 e. The van der Waals surface area contributed by atoms with Crippen molar-refractivity contribution in [1.29, 1.82) is 0 Å². The van der Waals surface area contributed by atoms with E-state index >= 15 is 0 Å². The number of carbonyl (C=O) groups excluding carboxylic acids is 1. The summed E-state index contributed by atoms with van der Waals surface area (Å²) in [5, 5.41) is 0. The molecule has 1 aromatic heterocycles. The summed E-state index contributed by atoms with van der Waals surface area (Å²) in [6, 6.07) is 0.847. The molecule has 1 heterocycles. The molecule has 2 rings (SSSR count). The Bertz CT molecular complexity index is 737. The van der Waals surface area contributed by atoms with E-state index < -0.39 is 23.5 Å². The zero-order valence-corrected chi connectivity index (χ0v) is 14.7. The van der Waals surface area contributed by atoms with Crippen molar-refractivity contribution < 1.29 is 27.1 Å². The van der Waals surface area contributed by atoms with Gasteiger partial charge in [-0.15, -0.1) is 0 Å². The Balaban J connectivity index is 2.39. The molecular formula is C18H20F4N2O2. The normalized spacial score (nSPS) is 15.8. The topological polar surface area (TPSA) is 42.4 Å². The zero-order chi connectivity index (χ0) is 19.5. The number of pyridine rings is 1. The van der Waals surface area contributed by atoms with Gasteiger partial charge >= 0.3 is 12.1 Å². The summed E-state index contributed by atoms with van der Waals surface area (Å²) in [4.78, 5) is 17.0. The van der Waals surface area contributed by atoms with Gasteiger partial charge < -0.3 is 9.64 Å². The predicted octanol–water partition coefficient (Wildman–Crippen LogP) is 4.69. The molecule has 0 aliphatic heterocycles. The van der Waals surface area contributed by atoms with Crippen LogP contribution in [0.15, 0.2) is 30.1 Å². The number of allylic oxidation sites excluding steroid dienone is 2. The molecule has 0 spiro atoms. The van der Waals surface area contributed by atoms with Crippen molar-refractivity contribution in [3.8, 4) is 0 Å². The SMILES string of the molecule is C/C=C(/c1ncc(C(=O)OCC)cc1F)N(/C=C(\C)C(F)(F)F)C1CC1. The summed E-state index contributed by atoms with van der Waals surface area (Å²) in [5.74, 6) is -1.51. The van der Waals surface area contributed by atoms with Gasteiger partial charge in [0.15, 0.2) is 5.82 Å². The molecule has 4 nitrogen and oxygen atoms in total. The Labute approximate surface area is 149 Å². The predicted molar refractivity (Wildman–Crippen MR) is 88.5 cm³/mol. The van der Waals surface area contributed by atoms with E-state index in [4.69, 9.17) is 4.74 Å². The minimum Gasteiger partial charge on any atom is -0.462 e. The third-order valence-electron chi connectivity index (χ3n) is 3.87. The lowest BCUT2D eigenvalue weighted by Crippen LogP contribution is -2.23. The molecule has 1 fully saturated rings. The molecule has 1 aliphatic rings. The third kappa shape index (κ3) is 4.62. The second-order valence-electron chi connectivity index (χ2n) is 5.90. The quantitative estimate of drug-likeness (QED) is 0.537. The summed E-state index contributed by atoms with van der Waals surface area (Å²) in [6.07, 6.45) is 0.599. The highest BCUT2D eigenvalue weighted by atomic mass is 19.4. The minimum absolute atomic E-state index is 0.0523. The molecule has 0 aromatic carbocycles. The molecule has 26 heavy (non-hydrogen) atoms. The number of esters is 1. The molecule has 0 amide bonds. The van der Waals surface area contributed by atoms with Crippen LogP contribution in [0.4, 0.5) is 17.6 Å². The van der Waals surface area contributed by atoms with Gasteiger partial charge in [0.05, 0.1) is 17.9 Å². The lowest BCUT2D eigenvalue weighted by molar-refractivity contribution is -0.0922. The van der Waals surface area contributed by atoms with Crippen molar-refractivity contribution in [2.75, 3.05) is 6.61 Å². The highest BCUT2D eigenvalue weighted by molar-refractivity contribution is 5.89. The smallest absolute Gasteiger partial charge is 0.413 e. The highest BCUT2D eigenvalue weighted by Crippen LogP contribution is 2.37.